The van der Waals surface area contributed by atoms with Gasteiger partial charge in [-0.05, 0) is 42.8 Å². The minimum atomic E-state index is -0.867. The number of carbonyl (C=O) groups is 1. The molecule has 1 heterocycles. The van der Waals surface area contributed by atoms with Crippen molar-refractivity contribution in [3.63, 3.8) is 0 Å². The fourth-order valence-corrected chi connectivity index (χ4v) is 2.31. The van der Waals surface area contributed by atoms with Gasteiger partial charge in [0, 0.05) is 17.0 Å². The van der Waals surface area contributed by atoms with Gasteiger partial charge in [-0.25, -0.2) is 13.2 Å². The number of nitrogens with one attached hydrogen (secondary N) is 2. The fraction of sp³-hybridized carbons (Fsp3) is 0.0625. The number of rotatable bonds is 2. The lowest BCUT2D eigenvalue weighted by atomic mass is 10.1. The van der Waals surface area contributed by atoms with E-state index in [9.17, 15) is 18.0 Å². The number of amides is 1. The molecule has 0 unspecified atom stereocenters. The highest BCUT2D eigenvalue weighted by molar-refractivity contribution is 6.07. The van der Waals surface area contributed by atoms with E-state index in [0.717, 1.165) is 12.1 Å². The number of aromatic nitrogens is 1. The summed E-state index contributed by atoms with van der Waals surface area (Å²) in [6.07, 6.45) is 0. The van der Waals surface area contributed by atoms with Gasteiger partial charge in [-0.3, -0.25) is 4.79 Å². The quantitative estimate of drug-likeness (QED) is 0.734. The lowest BCUT2D eigenvalue weighted by molar-refractivity contribution is 0.102. The van der Waals surface area contributed by atoms with Crippen LogP contribution < -0.4 is 5.32 Å². The summed E-state index contributed by atoms with van der Waals surface area (Å²) in [5.74, 6) is -2.61. The summed E-state index contributed by atoms with van der Waals surface area (Å²) in [5.41, 5.74) is 1.16. The van der Waals surface area contributed by atoms with Gasteiger partial charge < -0.3 is 10.3 Å². The van der Waals surface area contributed by atoms with Gasteiger partial charge in [0.15, 0.2) is 0 Å². The van der Waals surface area contributed by atoms with Crippen molar-refractivity contribution in [2.45, 2.75) is 6.92 Å². The van der Waals surface area contributed by atoms with Gasteiger partial charge in [0.1, 0.15) is 23.1 Å². The van der Waals surface area contributed by atoms with Crippen LogP contribution in [0.15, 0.2) is 36.4 Å². The van der Waals surface area contributed by atoms with Crippen molar-refractivity contribution in [2.24, 2.45) is 0 Å². The molecule has 22 heavy (non-hydrogen) atoms. The Hall–Kier alpha value is -2.76. The van der Waals surface area contributed by atoms with Gasteiger partial charge in [0.2, 0.25) is 0 Å². The van der Waals surface area contributed by atoms with Crippen LogP contribution in [0.3, 0.4) is 0 Å². The molecule has 0 aliphatic heterocycles. The van der Waals surface area contributed by atoms with E-state index in [0.29, 0.717) is 22.5 Å². The van der Waals surface area contributed by atoms with Crippen LogP contribution in [0.2, 0.25) is 0 Å². The van der Waals surface area contributed by atoms with Crippen LogP contribution in [-0.2, 0) is 0 Å². The molecule has 0 saturated carbocycles. The summed E-state index contributed by atoms with van der Waals surface area (Å²) in [6, 6.07) is 7.00. The summed E-state index contributed by atoms with van der Waals surface area (Å²) in [6.45, 7) is 1.70. The molecule has 0 spiro atoms. The van der Waals surface area contributed by atoms with Crippen molar-refractivity contribution in [3.8, 4) is 0 Å². The van der Waals surface area contributed by atoms with Gasteiger partial charge in [0.25, 0.3) is 5.91 Å². The fourth-order valence-electron chi connectivity index (χ4n) is 2.31. The Morgan fingerprint density at radius 2 is 1.73 bits per heavy atom. The van der Waals surface area contributed by atoms with Gasteiger partial charge in [-0.15, -0.1) is 0 Å². The molecule has 0 fully saturated rings. The lowest BCUT2D eigenvalue weighted by Gasteiger charge is -2.06. The minimum Gasteiger partial charge on any atom is -0.350 e. The molecular formula is C16H11F3N2O. The van der Waals surface area contributed by atoms with E-state index >= 15 is 0 Å². The van der Waals surface area contributed by atoms with Gasteiger partial charge in [-0.2, -0.15) is 0 Å². The Balaban J connectivity index is 1.97. The van der Waals surface area contributed by atoms with Crippen molar-refractivity contribution in [2.75, 3.05) is 5.32 Å². The average Bonchev–Trinajstić information content (AvgIpc) is 2.78. The molecule has 0 saturated heterocycles. The number of hydrogen-bond acceptors (Lipinski definition) is 1. The Bertz CT molecular complexity index is 886. The smallest absolute Gasteiger partial charge is 0.272 e. The number of aryl methyl sites for hydroxylation is 1. The highest BCUT2D eigenvalue weighted by atomic mass is 19.1. The van der Waals surface area contributed by atoms with E-state index in [1.165, 1.54) is 12.1 Å². The molecule has 1 aromatic heterocycles. The third-order valence-electron chi connectivity index (χ3n) is 3.43. The number of hydrogen-bond donors (Lipinski definition) is 2. The number of H-pyrrole nitrogens is 1. The molecule has 3 aromatic rings. The van der Waals surface area contributed by atoms with Crippen LogP contribution in [0.4, 0.5) is 18.9 Å². The molecule has 2 aromatic carbocycles. The van der Waals surface area contributed by atoms with Crippen molar-refractivity contribution < 1.29 is 18.0 Å². The van der Waals surface area contributed by atoms with E-state index in [4.69, 9.17) is 0 Å². The Labute approximate surface area is 123 Å². The molecule has 3 nitrogen and oxygen atoms in total. The minimum absolute atomic E-state index is 0.129. The lowest BCUT2D eigenvalue weighted by Crippen LogP contribution is -2.14. The van der Waals surface area contributed by atoms with Crippen molar-refractivity contribution in [3.05, 3.63) is 65.1 Å². The highest BCUT2D eigenvalue weighted by Crippen LogP contribution is 2.24. The maximum absolute atomic E-state index is 13.6. The maximum atomic E-state index is 13.6. The molecule has 0 aliphatic rings. The Morgan fingerprint density at radius 3 is 2.45 bits per heavy atom. The average molecular weight is 304 g/mol. The topological polar surface area (TPSA) is 44.9 Å². The third-order valence-corrected chi connectivity index (χ3v) is 3.43. The van der Waals surface area contributed by atoms with Crippen LogP contribution in [-0.4, -0.2) is 10.9 Å². The van der Waals surface area contributed by atoms with E-state index < -0.39 is 23.4 Å². The van der Waals surface area contributed by atoms with Crippen LogP contribution >= 0.6 is 0 Å². The monoisotopic (exact) mass is 304 g/mol. The van der Waals surface area contributed by atoms with Crippen LogP contribution in [0.1, 0.15) is 16.1 Å². The molecule has 2 N–H and O–H groups in total. The molecule has 1 amide bonds. The first-order valence-corrected chi connectivity index (χ1v) is 6.50. The van der Waals surface area contributed by atoms with Crippen molar-refractivity contribution in [1.82, 2.24) is 4.98 Å². The van der Waals surface area contributed by atoms with Crippen LogP contribution in [0.5, 0.6) is 0 Å². The molecule has 112 valence electrons. The Morgan fingerprint density at radius 1 is 1.05 bits per heavy atom. The zero-order valence-electron chi connectivity index (χ0n) is 11.5. The largest absolute Gasteiger partial charge is 0.350 e. The molecule has 3 rings (SSSR count). The van der Waals surface area contributed by atoms with Gasteiger partial charge >= 0.3 is 0 Å². The normalized spacial score (nSPS) is 10.9. The SMILES string of the molecule is Cc1c(C(=O)Nc2ccc(F)cc2F)[nH]c2cc(F)ccc12. The first kappa shape index (κ1) is 14.2. The van der Waals surface area contributed by atoms with E-state index in [2.05, 4.69) is 10.3 Å². The number of anilines is 1. The number of fused-ring (bicyclic) bond motifs is 1. The second-order valence-corrected chi connectivity index (χ2v) is 4.89. The van der Waals surface area contributed by atoms with E-state index in [-0.39, 0.29) is 11.4 Å². The zero-order chi connectivity index (χ0) is 15.9. The first-order valence-electron chi connectivity index (χ1n) is 6.50. The highest BCUT2D eigenvalue weighted by Gasteiger charge is 2.16. The number of aromatic amines is 1. The number of halogens is 3. The zero-order valence-corrected chi connectivity index (χ0v) is 11.5. The summed E-state index contributed by atoms with van der Waals surface area (Å²) in [7, 11) is 0. The van der Waals surface area contributed by atoms with Crippen LogP contribution in [0, 0.1) is 24.4 Å². The van der Waals surface area contributed by atoms with Gasteiger partial charge in [0.05, 0.1) is 5.69 Å². The molecule has 0 aliphatic carbocycles. The summed E-state index contributed by atoms with van der Waals surface area (Å²) in [4.78, 5) is 15.0. The predicted octanol–water partition coefficient (Wildman–Crippen LogP) is 4.15. The van der Waals surface area contributed by atoms with Gasteiger partial charge in [-0.1, -0.05) is 0 Å². The van der Waals surface area contributed by atoms with E-state index in [1.807, 2.05) is 0 Å². The Kier molecular flexibility index (Phi) is 3.36. The third kappa shape index (κ3) is 2.43. The summed E-state index contributed by atoms with van der Waals surface area (Å²) in [5, 5.41) is 3.06. The van der Waals surface area contributed by atoms with Crippen molar-refractivity contribution >= 4 is 22.5 Å². The van der Waals surface area contributed by atoms with Crippen LogP contribution in [0.25, 0.3) is 10.9 Å². The predicted molar refractivity (Wildman–Crippen MR) is 77.3 cm³/mol. The molecular weight excluding hydrogens is 293 g/mol. The maximum Gasteiger partial charge on any atom is 0.272 e. The first-order chi connectivity index (χ1) is 10.5. The number of benzene rings is 2. The second-order valence-electron chi connectivity index (χ2n) is 4.89. The molecule has 6 heteroatoms. The molecule has 0 radical (unpaired) electrons. The standard InChI is InChI=1S/C16H11F3N2O/c1-8-11-4-2-10(18)7-14(11)20-15(8)16(22)21-13-5-3-9(17)6-12(13)19/h2-7,20H,1H3,(H,21,22). The summed E-state index contributed by atoms with van der Waals surface area (Å²) < 4.78 is 39.6. The summed E-state index contributed by atoms with van der Waals surface area (Å²) >= 11 is 0. The molecule has 0 atom stereocenters. The second kappa shape index (κ2) is 5.22. The number of carbonyl (C=O) groups excluding carboxylic acids is 1. The molecule has 0 bridgehead atoms. The van der Waals surface area contributed by atoms with Crippen molar-refractivity contribution in [1.29, 1.82) is 0 Å². The van der Waals surface area contributed by atoms with E-state index in [1.54, 1.807) is 13.0 Å².